The van der Waals surface area contributed by atoms with E-state index in [0.29, 0.717) is 5.92 Å². The Kier molecular flexibility index (Phi) is 4.03. The molecule has 0 spiro atoms. The predicted molar refractivity (Wildman–Crippen MR) is 79.7 cm³/mol. The first-order valence-electron chi connectivity index (χ1n) is 6.83. The van der Waals surface area contributed by atoms with Gasteiger partial charge in [-0.3, -0.25) is 0 Å². The number of benzene rings is 2. The Balaban J connectivity index is 2.36. The van der Waals surface area contributed by atoms with Crippen LogP contribution < -0.4 is 5.73 Å². The molecule has 2 aromatic carbocycles. The first-order valence-corrected chi connectivity index (χ1v) is 6.83. The van der Waals surface area contributed by atoms with Crippen LogP contribution in [0.15, 0.2) is 36.4 Å². The number of fused-ring (bicyclic) bond motifs is 1. The Labute approximate surface area is 110 Å². The normalized spacial score (nSPS) is 13.2. The third-order valence-electron chi connectivity index (χ3n) is 3.63. The van der Waals surface area contributed by atoms with Crippen LogP contribution in [0.25, 0.3) is 10.8 Å². The van der Waals surface area contributed by atoms with Gasteiger partial charge in [0.15, 0.2) is 0 Å². The van der Waals surface area contributed by atoms with Gasteiger partial charge in [0.25, 0.3) is 0 Å². The van der Waals surface area contributed by atoms with Crippen molar-refractivity contribution in [1.29, 1.82) is 0 Å². The molecule has 0 aliphatic carbocycles. The Morgan fingerprint density at radius 2 is 1.61 bits per heavy atom. The van der Waals surface area contributed by atoms with Crippen LogP contribution >= 0.6 is 0 Å². The molecule has 0 unspecified atom stereocenters. The Morgan fingerprint density at radius 3 is 2.28 bits per heavy atom. The van der Waals surface area contributed by atoms with Crippen LogP contribution in [0.4, 0.5) is 0 Å². The van der Waals surface area contributed by atoms with Crippen LogP contribution in [-0.2, 0) is 0 Å². The lowest BCUT2D eigenvalue weighted by Gasteiger charge is -2.17. The first kappa shape index (κ1) is 13.1. The molecule has 0 saturated carbocycles. The quantitative estimate of drug-likeness (QED) is 0.832. The number of hydrogen-bond acceptors (Lipinski definition) is 1. The van der Waals surface area contributed by atoms with Crippen molar-refractivity contribution in [3.8, 4) is 0 Å². The SMILES string of the molecule is Cc1ccc([C@@H](N)CCC(C)C)c2ccccc12. The molecular weight excluding hydrogens is 218 g/mol. The van der Waals surface area contributed by atoms with E-state index in [0.717, 1.165) is 6.42 Å². The van der Waals surface area contributed by atoms with Crippen molar-refractivity contribution in [1.82, 2.24) is 0 Å². The standard InChI is InChI=1S/C17H23N/c1-12(2)8-11-17(18)16-10-9-13(3)14-6-4-5-7-15(14)16/h4-7,9-10,12,17H,8,11,18H2,1-3H3/t17-/m0/s1. The molecule has 96 valence electrons. The van der Waals surface area contributed by atoms with Crippen LogP contribution in [0.1, 0.15) is 43.9 Å². The fraction of sp³-hybridized carbons (Fsp3) is 0.412. The van der Waals surface area contributed by atoms with E-state index in [4.69, 9.17) is 5.73 Å². The van der Waals surface area contributed by atoms with Crippen LogP contribution in [0, 0.1) is 12.8 Å². The van der Waals surface area contributed by atoms with Crippen molar-refractivity contribution >= 4 is 10.8 Å². The lowest BCUT2D eigenvalue weighted by molar-refractivity contribution is 0.508. The monoisotopic (exact) mass is 241 g/mol. The van der Waals surface area contributed by atoms with Gasteiger partial charge in [-0.1, -0.05) is 50.2 Å². The minimum absolute atomic E-state index is 0.151. The summed E-state index contributed by atoms with van der Waals surface area (Å²) in [4.78, 5) is 0. The zero-order valence-electron chi connectivity index (χ0n) is 11.6. The predicted octanol–water partition coefficient (Wildman–Crippen LogP) is 4.58. The molecule has 2 aromatic rings. The summed E-state index contributed by atoms with van der Waals surface area (Å²) in [5.74, 6) is 0.716. The Hall–Kier alpha value is -1.34. The molecule has 0 aliphatic heterocycles. The maximum atomic E-state index is 6.36. The van der Waals surface area contributed by atoms with Crippen LogP contribution in [0.2, 0.25) is 0 Å². The highest BCUT2D eigenvalue weighted by Crippen LogP contribution is 2.28. The van der Waals surface area contributed by atoms with Gasteiger partial charge in [-0.2, -0.15) is 0 Å². The molecule has 0 fully saturated rings. The summed E-state index contributed by atoms with van der Waals surface area (Å²) in [6, 6.07) is 13.1. The van der Waals surface area contributed by atoms with Crippen molar-refractivity contribution in [2.75, 3.05) is 0 Å². The topological polar surface area (TPSA) is 26.0 Å². The third kappa shape index (κ3) is 2.73. The molecule has 1 heteroatoms. The summed E-state index contributed by atoms with van der Waals surface area (Å²) >= 11 is 0. The molecule has 0 bridgehead atoms. The molecule has 0 aliphatic rings. The first-order chi connectivity index (χ1) is 8.59. The highest BCUT2D eigenvalue weighted by Gasteiger charge is 2.11. The van der Waals surface area contributed by atoms with E-state index in [1.165, 1.54) is 28.3 Å². The van der Waals surface area contributed by atoms with Gasteiger partial charge >= 0.3 is 0 Å². The second kappa shape index (κ2) is 5.53. The zero-order valence-corrected chi connectivity index (χ0v) is 11.6. The van der Waals surface area contributed by atoms with Gasteiger partial charge < -0.3 is 5.73 Å². The minimum atomic E-state index is 0.151. The fourth-order valence-electron chi connectivity index (χ4n) is 2.46. The number of rotatable bonds is 4. The lowest BCUT2D eigenvalue weighted by Crippen LogP contribution is -2.11. The van der Waals surface area contributed by atoms with Gasteiger partial charge in [-0.05, 0) is 47.6 Å². The van der Waals surface area contributed by atoms with Gasteiger partial charge in [0, 0.05) is 6.04 Å². The Morgan fingerprint density at radius 1 is 0.944 bits per heavy atom. The summed E-state index contributed by atoms with van der Waals surface area (Å²) in [5.41, 5.74) is 8.97. The average Bonchev–Trinajstić information content (AvgIpc) is 2.37. The van der Waals surface area contributed by atoms with E-state index >= 15 is 0 Å². The molecule has 18 heavy (non-hydrogen) atoms. The van der Waals surface area contributed by atoms with Crippen molar-refractivity contribution in [3.05, 3.63) is 47.5 Å². The van der Waals surface area contributed by atoms with E-state index in [-0.39, 0.29) is 6.04 Å². The number of aryl methyl sites for hydroxylation is 1. The van der Waals surface area contributed by atoms with Crippen LogP contribution in [-0.4, -0.2) is 0 Å². The summed E-state index contributed by atoms with van der Waals surface area (Å²) < 4.78 is 0. The van der Waals surface area contributed by atoms with E-state index < -0.39 is 0 Å². The van der Waals surface area contributed by atoms with Gasteiger partial charge in [0.05, 0.1) is 0 Å². The molecule has 1 atom stereocenters. The second-order valence-electron chi connectivity index (χ2n) is 5.59. The lowest BCUT2D eigenvalue weighted by atomic mass is 9.92. The maximum Gasteiger partial charge on any atom is 0.0301 e. The van der Waals surface area contributed by atoms with Crippen molar-refractivity contribution in [2.24, 2.45) is 11.7 Å². The molecule has 0 saturated heterocycles. The fourth-order valence-corrected chi connectivity index (χ4v) is 2.46. The highest BCUT2D eigenvalue weighted by molar-refractivity contribution is 5.88. The molecule has 0 heterocycles. The molecule has 1 nitrogen and oxygen atoms in total. The van der Waals surface area contributed by atoms with Crippen LogP contribution in [0.5, 0.6) is 0 Å². The number of hydrogen-bond donors (Lipinski definition) is 1. The molecule has 2 N–H and O–H groups in total. The van der Waals surface area contributed by atoms with Crippen molar-refractivity contribution < 1.29 is 0 Å². The van der Waals surface area contributed by atoms with Crippen molar-refractivity contribution in [2.45, 2.75) is 39.7 Å². The van der Waals surface area contributed by atoms with Crippen molar-refractivity contribution in [3.63, 3.8) is 0 Å². The molecule has 0 aromatic heterocycles. The summed E-state index contributed by atoms with van der Waals surface area (Å²) in [6.45, 7) is 6.66. The minimum Gasteiger partial charge on any atom is -0.324 e. The molecular formula is C17H23N. The summed E-state index contributed by atoms with van der Waals surface area (Å²) in [7, 11) is 0. The maximum absolute atomic E-state index is 6.36. The van der Waals surface area contributed by atoms with Gasteiger partial charge in [0.2, 0.25) is 0 Å². The van der Waals surface area contributed by atoms with E-state index in [1.807, 2.05) is 0 Å². The van der Waals surface area contributed by atoms with E-state index in [1.54, 1.807) is 0 Å². The van der Waals surface area contributed by atoms with E-state index in [2.05, 4.69) is 57.2 Å². The number of nitrogens with two attached hydrogens (primary N) is 1. The molecule has 2 rings (SSSR count). The van der Waals surface area contributed by atoms with Gasteiger partial charge in [-0.15, -0.1) is 0 Å². The zero-order chi connectivity index (χ0) is 13.1. The summed E-state index contributed by atoms with van der Waals surface area (Å²) in [5, 5.41) is 2.64. The van der Waals surface area contributed by atoms with Crippen LogP contribution in [0.3, 0.4) is 0 Å². The van der Waals surface area contributed by atoms with E-state index in [9.17, 15) is 0 Å². The third-order valence-corrected chi connectivity index (χ3v) is 3.63. The summed E-state index contributed by atoms with van der Waals surface area (Å²) in [6.07, 6.45) is 2.24. The second-order valence-corrected chi connectivity index (χ2v) is 5.59. The Bertz CT molecular complexity index is 528. The largest absolute Gasteiger partial charge is 0.324 e. The van der Waals surface area contributed by atoms with Gasteiger partial charge in [0.1, 0.15) is 0 Å². The smallest absolute Gasteiger partial charge is 0.0301 e. The average molecular weight is 241 g/mol. The highest BCUT2D eigenvalue weighted by atomic mass is 14.6. The van der Waals surface area contributed by atoms with Gasteiger partial charge in [-0.25, -0.2) is 0 Å². The molecule has 0 radical (unpaired) electrons. The molecule has 0 amide bonds.